The molecule has 0 spiro atoms. The summed E-state index contributed by atoms with van der Waals surface area (Å²) in [6, 6.07) is 13.9. The van der Waals surface area contributed by atoms with Gasteiger partial charge < -0.3 is 9.64 Å². The second-order valence-electron chi connectivity index (χ2n) is 6.04. The van der Waals surface area contributed by atoms with Gasteiger partial charge in [0.1, 0.15) is 0 Å². The molecule has 4 nitrogen and oxygen atoms in total. The van der Waals surface area contributed by atoms with E-state index in [1.165, 1.54) is 5.56 Å². The first-order valence-corrected chi connectivity index (χ1v) is 8.11. The maximum absolute atomic E-state index is 12.6. The number of nitrogens with zero attached hydrogens (tertiary/aromatic N) is 2. The van der Waals surface area contributed by atoms with Crippen molar-refractivity contribution in [2.45, 2.75) is 32.0 Å². The van der Waals surface area contributed by atoms with Crippen LogP contribution in [0.4, 0.5) is 0 Å². The molecule has 0 bridgehead atoms. The molecule has 0 saturated carbocycles. The lowest BCUT2D eigenvalue weighted by Crippen LogP contribution is -2.49. The zero-order valence-corrected chi connectivity index (χ0v) is 13.4. The number of amides is 1. The molecule has 1 fully saturated rings. The standard InChI is InChI=1S/C19H22N2O2/c1-15-13-21(19(22)17-9-11-20-12-10-17)14-18(23-15)8-7-16-5-3-2-4-6-16/h2-6,9-12,15,18H,7-8,13-14H2,1H3. The maximum Gasteiger partial charge on any atom is 0.254 e. The van der Waals surface area contributed by atoms with E-state index in [1.54, 1.807) is 24.5 Å². The summed E-state index contributed by atoms with van der Waals surface area (Å²) >= 11 is 0. The number of hydrogen-bond acceptors (Lipinski definition) is 3. The summed E-state index contributed by atoms with van der Waals surface area (Å²) in [5, 5.41) is 0. The molecule has 2 atom stereocenters. The Balaban J connectivity index is 1.61. The Morgan fingerprint density at radius 3 is 2.65 bits per heavy atom. The summed E-state index contributed by atoms with van der Waals surface area (Å²) < 4.78 is 6.02. The van der Waals surface area contributed by atoms with Gasteiger partial charge in [-0.25, -0.2) is 0 Å². The van der Waals surface area contributed by atoms with Crippen LogP contribution in [0.2, 0.25) is 0 Å². The summed E-state index contributed by atoms with van der Waals surface area (Å²) in [4.78, 5) is 18.5. The monoisotopic (exact) mass is 310 g/mol. The van der Waals surface area contributed by atoms with E-state index in [0.717, 1.165) is 12.8 Å². The van der Waals surface area contributed by atoms with Gasteiger partial charge in [0.2, 0.25) is 0 Å². The number of benzene rings is 1. The molecule has 2 unspecified atom stereocenters. The summed E-state index contributed by atoms with van der Waals surface area (Å²) in [5.74, 6) is 0.0623. The first-order valence-electron chi connectivity index (χ1n) is 8.11. The highest BCUT2D eigenvalue weighted by Gasteiger charge is 2.28. The predicted octanol–water partition coefficient (Wildman–Crippen LogP) is 2.94. The van der Waals surface area contributed by atoms with Crippen molar-refractivity contribution in [2.24, 2.45) is 0 Å². The summed E-state index contributed by atoms with van der Waals surface area (Å²) in [5.41, 5.74) is 2.00. The predicted molar refractivity (Wildman–Crippen MR) is 89.2 cm³/mol. The molecule has 3 rings (SSSR count). The summed E-state index contributed by atoms with van der Waals surface area (Å²) in [6.07, 6.45) is 5.36. The zero-order chi connectivity index (χ0) is 16.1. The Morgan fingerprint density at radius 1 is 1.17 bits per heavy atom. The van der Waals surface area contributed by atoms with E-state index < -0.39 is 0 Å². The minimum absolute atomic E-state index is 0.0623. The lowest BCUT2D eigenvalue weighted by Gasteiger charge is -2.37. The molecule has 1 aliphatic heterocycles. The van der Waals surface area contributed by atoms with E-state index in [2.05, 4.69) is 29.2 Å². The second-order valence-corrected chi connectivity index (χ2v) is 6.04. The molecule has 1 saturated heterocycles. The number of pyridine rings is 1. The highest BCUT2D eigenvalue weighted by molar-refractivity contribution is 5.94. The lowest BCUT2D eigenvalue weighted by atomic mass is 10.0. The number of ether oxygens (including phenoxy) is 1. The van der Waals surface area contributed by atoms with Gasteiger partial charge in [-0.15, -0.1) is 0 Å². The lowest BCUT2D eigenvalue weighted by molar-refractivity contribution is -0.0698. The fourth-order valence-corrected chi connectivity index (χ4v) is 3.02. The fraction of sp³-hybridized carbons (Fsp3) is 0.368. The molecular formula is C19H22N2O2. The number of aromatic nitrogens is 1. The third-order valence-corrected chi connectivity index (χ3v) is 4.14. The van der Waals surface area contributed by atoms with Gasteiger partial charge in [-0.3, -0.25) is 9.78 Å². The summed E-state index contributed by atoms with van der Waals surface area (Å²) in [6.45, 7) is 3.32. The summed E-state index contributed by atoms with van der Waals surface area (Å²) in [7, 11) is 0. The fourth-order valence-electron chi connectivity index (χ4n) is 3.02. The first-order chi connectivity index (χ1) is 11.2. The Hall–Kier alpha value is -2.20. The van der Waals surface area contributed by atoms with E-state index >= 15 is 0 Å². The molecule has 0 N–H and O–H groups in total. The Kier molecular flexibility index (Phi) is 5.03. The molecule has 1 amide bonds. The van der Waals surface area contributed by atoms with Gasteiger partial charge in [0, 0.05) is 31.0 Å². The normalized spacial score (nSPS) is 21.2. The minimum Gasteiger partial charge on any atom is -0.372 e. The Morgan fingerprint density at radius 2 is 1.91 bits per heavy atom. The van der Waals surface area contributed by atoms with Gasteiger partial charge in [0.25, 0.3) is 5.91 Å². The van der Waals surface area contributed by atoms with Crippen molar-refractivity contribution in [3.63, 3.8) is 0 Å². The molecule has 0 aliphatic carbocycles. The smallest absolute Gasteiger partial charge is 0.254 e. The zero-order valence-electron chi connectivity index (χ0n) is 13.4. The molecule has 4 heteroatoms. The van der Waals surface area contributed by atoms with Crippen molar-refractivity contribution < 1.29 is 9.53 Å². The molecule has 1 aliphatic rings. The average molecular weight is 310 g/mol. The van der Waals surface area contributed by atoms with Crippen LogP contribution in [-0.2, 0) is 11.2 Å². The first kappa shape index (κ1) is 15.7. The van der Waals surface area contributed by atoms with Crippen LogP contribution >= 0.6 is 0 Å². The molecule has 1 aromatic heterocycles. The molecule has 2 heterocycles. The highest BCUT2D eigenvalue weighted by Crippen LogP contribution is 2.18. The van der Waals surface area contributed by atoms with Crippen molar-refractivity contribution >= 4 is 5.91 Å². The van der Waals surface area contributed by atoms with Crippen LogP contribution < -0.4 is 0 Å². The van der Waals surface area contributed by atoms with Gasteiger partial charge >= 0.3 is 0 Å². The van der Waals surface area contributed by atoms with Crippen molar-refractivity contribution in [3.8, 4) is 0 Å². The maximum atomic E-state index is 12.6. The number of carbonyl (C=O) groups is 1. The molecule has 2 aromatic rings. The molecular weight excluding hydrogens is 288 g/mol. The van der Waals surface area contributed by atoms with Crippen LogP contribution in [0.5, 0.6) is 0 Å². The highest BCUT2D eigenvalue weighted by atomic mass is 16.5. The van der Waals surface area contributed by atoms with E-state index in [0.29, 0.717) is 18.7 Å². The average Bonchev–Trinajstić information content (AvgIpc) is 2.60. The van der Waals surface area contributed by atoms with Gasteiger partial charge in [-0.1, -0.05) is 30.3 Å². The number of carbonyl (C=O) groups excluding carboxylic acids is 1. The van der Waals surface area contributed by atoms with Gasteiger partial charge in [-0.05, 0) is 37.5 Å². The van der Waals surface area contributed by atoms with E-state index in [4.69, 9.17) is 4.74 Å². The van der Waals surface area contributed by atoms with E-state index in [1.807, 2.05) is 17.9 Å². The van der Waals surface area contributed by atoms with Crippen molar-refractivity contribution in [1.29, 1.82) is 0 Å². The third kappa shape index (κ3) is 4.17. The van der Waals surface area contributed by atoms with Crippen LogP contribution in [0.3, 0.4) is 0 Å². The third-order valence-electron chi connectivity index (χ3n) is 4.14. The van der Waals surface area contributed by atoms with E-state index in [-0.39, 0.29) is 18.1 Å². The number of hydrogen-bond donors (Lipinski definition) is 0. The van der Waals surface area contributed by atoms with Crippen molar-refractivity contribution in [2.75, 3.05) is 13.1 Å². The molecule has 120 valence electrons. The van der Waals surface area contributed by atoms with Gasteiger partial charge in [0.05, 0.1) is 12.2 Å². The van der Waals surface area contributed by atoms with Gasteiger partial charge in [-0.2, -0.15) is 0 Å². The molecule has 1 aromatic carbocycles. The Labute approximate surface area is 137 Å². The number of morpholine rings is 1. The van der Waals surface area contributed by atoms with Crippen molar-refractivity contribution in [1.82, 2.24) is 9.88 Å². The van der Waals surface area contributed by atoms with Crippen LogP contribution in [-0.4, -0.2) is 41.1 Å². The van der Waals surface area contributed by atoms with E-state index in [9.17, 15) is 4.79 Å². The minimum atomic E-state index is 0.0623. The largest absolute Gasteiger partial charge is 0.372 e. The quantitative estimate of drug-likeness (QED) is 0.872. The Bertz CT molecular complexity index is 630. The molecule has 23 heavy (non-hydrogen) atoms. The second kappa shape index (κ2) is 7.38. The van der Waals surface area contributed by atoms with Crippen LogP contribution in [0.1, 0.15) is 29.3 Å². The van der Waals surface area contributed by atoms with Crippen molar-refractivity contribution in [3.05, 3.63) is 66.0 Å². The number of rotatable bonds is 4. The number of aryl methyl sites for hydroxylation is 1. The topological polar surface area (TPSA) is 42.4 Å². The van der Waals surface area contributed by atoms with Crippen LogP contribution in [0.25, 0.3) is 0 Å². The SMILES string of the molecule is CC1CN(C(=O)c2ccncc2)CC(CCc2ccccc2)O1. The van der Waals surface area contributed by atoms with Gasteiger partial charge in [0.15, 0.2) is 0 Å². The molecule has 0 radical (unpaired) electrons. The van der Waals surface area contributed by atoms with Crippen LogP contribution in [0, 0.1) is 0 Å². The van der Waals surface area contributed by atoms with Crippen LogP contribution in [0.15, 0.2) is 54.9 Å².